The molecule has 2 heterocycles. The van der Waals surface area contributed by atoms with Gasteiger partial charge in [-0.15, -0.1) is 11.3 Å². The normalized spacial score (nSPS) is 10.9. The quantitative estimate of drug-likeness (QED) is 0.746. The number of aromatic nitrogens is 1. The number of rotatable bonds is 8. The second-order valence-corrected chi connectivity index (χ2v) is 5.88. The third-order valence-electron chi connectivity index (χ3n) is 3.15. The van der Waals surface area contributed by atoms with E-state index in [-0.39, 0.29) is 5.91 Å². The molecule has 7 heteroatoms. The molecule has 2 aromatic rings. The minimum absolute atomic E-state index is 0.111. The Bertz CT molecular complexity index is 587. The molecule has 22 heavy (non-hydrogen) atoms. The van der Waals surface area contributed by atoms with Crippen molar-refractivity contribution in [3.63, 3.8) is 0 Å². The van der Waals surface area contributed by atoms with Crippen molar-refractivity contribution < 1.29 is 18.7 Å². The van der Waals surface area contributed by atoms with Crippen LogP contribution in [0.4, 0.5) is 0 Å². The molecular formula is C15H20N2O4S. The van der Waals surface area contributed by atoms with Crippen molar-refractivity contribution in [1.82, 2.24) is 9.88 Å². The molecular weight excluding hydrogens is 304 g/mol. The maximum absolute atomic E-state index is 12.7. The van der Waals surface area contributed by atoms with E-state index in [0.29, 0.717) is 42.8 Å². The summed E-state index contributed by atoms with van der Waals surface area (Å²) in [6.07, 6.45) is 1.59. The number of hydrogen-bond acceptors (Lipinski definition) is 6. The first-order valence-electron chi connectivity index (χ1n) is 6.95. The fourth-order valence-corrected chi connectivity index (χ4v) is 2.84. The summed E-state index contributed by atoms with van der Waals surface area (Å²) in [6, 6.07) is 3.64. The van der Waals surface area contributed by atoms with Crippen LogP contribution in [0.1, 0.15) is 15.4 Å². The molecule has 0 spiro atoms. The maximum atomic E-state index is 12.7. The Balaban J connectivity index is 2.18. The van der Waals surface area contributed by atoms with Crippen molar-refractivity contribution >= 4 is 17.2 Å². The minimum Gasteiger partial charge on any atom is -0.462 e. The number of nitrogens with zero attached hydrogens (tertiary/aromatic N) is 2. The molecule has 2 aromatic heterocycles. The van der Waals surface area contributed by atoms with Gasteiger partial charge in [0, 0.05) is 32.2 Å². The smallest absolute Gasteiger partial charge is 0.273 e. The first-order chi connectivity index (χ1) is 10.7. The van der Waals surface area contributed by atoms with E-state index in [4.69, 9.17) is 13.9 Å². The lowest BCUT2D eigenvalue weighted by Gasteiger charge is -2.21. The molecule has 0 unspecified atom stereocenters. The molecule has 0 aliphatic rings. The number of methoxy groups -OCH3 is 2. The van der Waals surface area contributed by atoms with E-state index in [1.807, 2.05) is 13.0 Å². The van der Waals surface area contributed by atoms with Gasteiger partial charge < -0.3 is 18.8 Å². The summed E-state index contributed by atoms with van der Waals surface area (Å²) >= 11 is 1.45. The Labute approximate surface area is 133 Å². The van der Waals surface area contributed by atoms with Gasteiger partial charge in [-0.05, 0) is 19.1 Å². The highest BCUT2D eigenvalue weighted by Crippen LogP contribution is 2.28. The van der Waals surface area contributed by atoms with Crippen molar-refractivity contribution in [2.45, 2.75) is 6.92 Å². The first kappa shape index (κ1) is 16.7. The Morgan fingerprint density at radius 1 is 1.32 bits per heavy atom. The molecule has 0 N–H and O–H groups in total. The van der Waals surface area contributed by atoms with Crippen molar-refractivity contribution in [2.75, 3.05) is 40.5 Å². The summed E-state index contributed by atoms with van der Waals surface area (Å²) in [5, 5.41) is 0.712. The van der Waals surface area contributed by atoms with Gasteiger partial charge in [-0.1, -0.05) is 0 Å². The summed E-state index contributed by atoms with van der Waals surface area (Å²) in [4.78, 5) is 19.7. The van der Waals surface area contributed by atoms with Gasteiger partial charge in [-0.3, -0.25) is 4.79 Å². The highest BCUT2D eigenvalue weighted by atomic mass is 32.1. The average molecular weight is 324 g/mol. The summed E-state index contributed by atoms with van der Waals surface area (Å²) < 4.78 is 15.5. The molecule has 0 aliphatic carbocycles. The molecule has 0 fully saturated rings. The fourth-order valence-electron chi connectivity index (χ4n) is 1.97. The molecule has 2 rings (SSSR count). The first-order valence-corrected chi connectivity index (χ1v) is 7.77. The molecule has 0 aliphatic heterocycles. The van der Waals surface area contributed by atoms with Crippen LogP contribution in [0.2, 0.25) is 0 Å². The number of carbonyl (C=O) groups is 1. The van der Waals surface area contributed by atoms with E-state index in [9.17, 15) is 4.79 Å². The van der Waals surface area contributed by atoms with E-state index in [0.717, 1.165) is 4.88 Å². The Hall–Kier alpha value is -1.70. The lowest BCUT2D eigenvalue weighted by molar-refractivity contribution is 0.0622. The van der Waals surface area contributed by atoms with Gasteiger partial charge in [0.1, 0.15) is 5.69 Å². The molecule has 120 valence electrons. The van der Waals surface area contributed by atoms with E-state index < -0.39 is 0 Å². The third-order valence-corrected chi connectivity index (χ3v) is 4.13. The van der Waals surface area contributed by atoms with Crippen LogP contribution in [-0.2, 0) is 9.47 Å². The number of amides is 1. The van der Waals surface area contributed by atoms with Crippen LogP contribution >= 0.6 is 11.3 Å². The molecule has 0 aromatic carbocycles. The lowest BCUT2D eigenvalue weighted by atomic mass is 10.3. The van der Waals surface area contributed by atoms with Gasteiger partial charge in [-0.25, -0.2) is 4.98 Å². The summed E-state index contributed by atoms with van der Waals surface area (Å²) in [5.41, 5.74) is 0.462. The minimum atomic E-state index is -0.111. The van der Waals surface area contributed by atoms with Gasteiger partial charge in [0.15, 0.2) is 10.8 Å². The van der Waals surface area contributed by atoms with Gasteiger partial charge in [0.25, 0.3) is 5.91 Å². The Morgan fingerprint density at radius 3 is 2.55 bits per heavy atom. The second-order valence-electron chi connectivity index (χ2n) is 4.68. The highest BCUT2D eigenvalue weighted by molar-refractivity contribution is 7.15. The number of aryl methyl sites for hydroxylation is 1. The van der Waals surface area contributed by atoms with Crippen LogP contribution in [0, 0.1) is 6.92 Å². The van der Waals surface area contributed by atoms with E-state index >= 15 is 0 Å². The number of hydrogen-bond donors (Lipinski definition) is 0. The Morgan fingerprint density at radius 2 is 2.00 bits per heavy atom. The zero-order chi connectivity index (χ0) is 15.9. The van der Waals surface area contributed by atoms with Crippen molar-refractivity contribution in [1.29, 1.82) is 0 Å². The molecule has 0 saturated heterocycles. The van der Waals surface area contributed by atoms with Crippen LogP contribution in [0.25, 0.3) is 10.8 Å². The van der Waals surface area contributed by atoms with E-state index in [2.05, 4.69) is 4.98 Å². The van der Waals surface area contributed by atoms with Crippen LogP contribution < -0.4 is 0 Å². The molecule has 0 bridgehead atoms. The van der Waals surface area contributed by atoms with Crippen molar-refractivity contribution in [3.05, 3.63) is 29.0 Å². The molecule has 1 amide bonds. The molecule has 6 nitrogen and oxygen atoms in total. The van der Waals surface area contributed by atoms with Crippen LogP contribution in [0.15, 0.2) is 22.8 Å². The third kappa shape index (κ3) is 3.94. The zero-order valence-electron chi connectivity index (χ0n) is 13.0. The fraction of sp³-hybridized carbons (Fsp3) is 0.467. The van der Waals surface area contributed by atoms with Gasteiger partial charge >= 0.3 is 0 Å². The van der Waals surface area contributed by atoms with Gasteiger partial charge in [0.2, 0.25) is 0 Å². The van der Waals surface area contributed by atoms with Crippen LogP contribution in [0.5, 0.6) is 0 Å². The number of ether oxygens (including phenoxy) is 2. The molecule has 0 radical (unpaired) electrons. The molecule has 0 saturated carbocycles. The van der Waals surface area contributed by atoms with Crippen LogP contribution in [-0.4, -0.2) is 56.3 Å². The summed E-state index contributed by atoms with van der Waals surface area (Å²) in [5.74, 6) is 0.563. The number of carbonyl (C=O) groups excluding carboxylic acids is 1. The maximum Gasteiger partial charge on any atom is 0.273 e. The molecule has 0 atom stereocenters. The predicted octanol–water partition coefficient (Wildman–Crippen LogP) is 2.45. The topological polar surface area (TPSA) is 64.8 Å². The zero-order valence-corrected chi connectivity index (χ0v) is 13.8. The predicted molar refractivity (Wildman–Crippen MR) is 84.2 cm³/mol. The van der Waals surface area contributed by atoms with E-state index in [1.54, 1.807) is 31.4 Å². The average Bonchev–Trinajstić information content (AvgIpc) is 3.16. The van der Waals surface area contributed by atoms with Gasteiger partial charge in [-0.2, -0.15) is 0 Å². The van der Waals surface area contributed by atoms with Crippen LogP contribution in [0.3, 0.4) is 0 Å². The Kier molecular flexibility index (Phi) is 6.11. The monoisotopic (exact) mass is 324 g/mol. The lowest BCUT2D eigenvalue weighted by Crippen LogP contribution is -2.37. The van der Waals surface area contributed by atoms with E-state index in [1.165, 1.54) is 11.3 Å². The SMILES string of the molecule is COCCN(CCOC)C(=O)c1nc(-c2ccco2)sc1C. The van der Waals surface area contributed by atoms with Crippen molar-refractivity contribution in [2.24, 2.45) is 0 Å². The van der Waals surface area contributed by atoms with Gasteiger partial charge in [0.05, 0.1) is 19.5 Å². The number of furan rings is 1. The highest BCUT2D eigenvalue weighted by Gasteiger charge is 2.22. The summed E-state index contributed by atoms with van der Waals surface area (Å²) in [7, 11) is 3.23. The number of thiazole rings is 1. The summed E-state index contributed by atoms with van der Waals surface area (Å²) in [6.45, 7) is 3.85. The second kappa shape index (κ2) is 8.07. The largest absolute Gasteiger partial charge is 0.462 e. The van der Waals surface area contributed by atoms with Crippen molar-refractivity contribution in [3.8, 4) is 10.8 Å². The standard InChI is InChI=1S/C15H20N2O4S/c1-11-13(16-14(22-11)12-5-4-8-21-12)15(18)17(6-9-19-2)7-10-20-3/h4-5,8H,6-7,9-10H2,1-3H3.